The Morgan fingerprint density at radius 3 is 2.61 bits per heavy atom. The average Bonchev–Trinajstić information content (AvgIpc) is 3.45. The molecule has 33 heavy (non-hydrogen) atoms. The molecule has 2 heterocycles. The number of imidazole rings is 1. The van der Waals surface area contributed by atoms with Crippen LogP contribution in [0.25, 0.3) is 11.0 Å². The molecule has 2 aromatic heterocycles. The second kappa shape index (κ2) is 9.27. The van der Waals surface area contributed by atoms with Crippen molar-refractivity contribution < 1.29 is 22.7 Å². The van der Waals surface area contributed by atoms with Gasteiger partial charge in [0.05, 0.1) is 30.7 Å². The summed E-state index contributed by atoms with van der Waals surface area (Å²) in [6.07, 6.45) is 1.35. The zero-order valence-corrected chi connectivity index (χ0v) is 18.1. The number of nitrogens with zero attached hydrogens (tertiary/aromatic N) is 2. The lowest BCUT2D eigenvalue weighted by atomic mass is 10.1. The third-order valence-electron chi connectivity index (χ3n) is 5.04. The van der Waals surface area contributed by atoms with E-state index in [-0.39, 0.29) is 12.4 Å². The Morgan fingerprint density at radius 1 is 1.18 bits per heavy atom. The molecule has 0 aliphatic carbocycles. The maximum Gasteiger partial charge on any atom is 0.315 e. The number of hydrogen-bond donors (Lipinski definition) is 3. The van der Waals surface area contributed by atoms with Crippen molar-refractivity contribution in [1.29, 1.82) is 0 Å². The third-order valence-corrected chi connectivity index (χ3v) is 5.04. The monoisotopic (exact) mass is 455 g/mol. The molecule has 0 saturated heterocycles. The largest absolute Gasteiger partial charge is 0.497 e. The second-order valence-corrected chi connectivity index (χ2v) is 7.59. The van der Waals surface area contributed by atoms with Crippen LogP contribution < -0.4 is 15.4 Å². The van der Waals surface area contributed by atoms with Gasteiger partial charge in [-0.1, -0.05) is 24.3 Å². The van der Waals surface area contributed by atoms with Crippen molar-refractivity contribution in [3.8, 4) is 5.75 Å². The Labute approximate surface area is 188 Å². The molecule has 0 aliphatic rings. The number of hydrogen-bond acceptors (Lipinski definition) is 5. The normalized spacial score (nSPS) is 12.5. The van der Waals surface area contributed by atoms with E-state index in [4.69, 9.17) is 9.15 Å². The van der Waals surface area contributed by atoms with Gasteiger partial charge in [0.1, 0.15) is 23.5 Å². The first-order valence-corrected chi connectivity index (χ1v) is 10.3. The van der Waals surface area contributed by atoms with Gasteiger partial charge in [0.2, 0.25) is 5.89 Å². The topological polar surface area (TPSA) is 105 Å². The van der Waals surface area contributed by atoms with Gasteiger partial charge in [-0.2, -0.15) is 8.78 Å². The highest BCUT2D eigenvalue weighted by Gasteiger charge is 2.28. The summed E-state index contributed by atoms with van der Waals surface area (Å²) in [5.74, 6) is -1.81. The Kier molecular flexibility index (Phi) is 6.25. The fourth-order valence-electron chi connectivity index (χ4n) is 3.31. The standard InChI is InChI=1S/C23H23F2N5O3/c1-23(24,25)19-13-33-20(30-19)12-26-22(31)29-18(11-14-7-9-15(32-2)10-8-14)21-27-16-5-3-4-6-17(16)28-21/h3-10,13,18H,11-12H2,1-2H3,(H,27,28)(H2,26,29,31). The number of rotatable bonds is 8. The summed E-state index contributed by atoms with van der Waals surface area (Å²) in [7, 11) is 1.59. The highest BCUT2D eigenvalue weighted by molar-refractivity contribution is 5.76. The number of carbonyl (C=O) groups is 1. The number of alkyl halides is 2. The number of H-pyrrole nitrogens is 1. The molecule has 0 radical (unpaired) electrons. The van der Waals surface area contributed by atoms with Crippen LogP contribution in [0.4, 0.5) is 13.6 Å². The first-order valence-electron chi connectivity index (χ1n) is 10.3. The molecule has 0 fully saturated rings. The second-order valence-electron chi connectivity index (χ2n) is 7.59. The molecule has 8 nitrogen and oxygen atoms in total. The Hall–Kier alpha value is -3.95. The van der Waals surface area contributed by atoms with E-state index >= 15 is 0 Å². The third kappa shape index (κ3) is 5.46. The minimum atomic E-state index is -3.12. The summed E-state index contributed by atoms with van der Waals surface area (Å²) in [5.41, 5.74) is 2.10. The minimum absolute atomic E-state index is 0.0166. The number of fused-ring (bicyclic) bond motifs is 1. The molecule has 10 heteroatoms. The van der Waals surface area contributed by atoms with Crippen molar-refractivity contribution >= 4 is 17.1 Å². The number of aromatic amines is 1. The van der Waals surface area contributed by atoms with Crippen LogP contribution in [0, 0.1) is 0 Å². The summed E-state index contributed by atoms with van der Waals surface area (Å²) < 4.78 is 36.9. The van der Waals surface area contributed by atoms with E-state index in [9.17, 15) is 13.6 Å². The molecule has 0 aliphatic heterocycles. The van der Waals surface area contributed by atoms with Crippen LogP contribution >= 0.6 is 0 Å². The van der Waals surface area contributed by atoms with Gasteiger partial charge in [-0.05, 0) is 36.2 Å². The summed E-state index contributed by atoms with van der Waals surface area (Å²) >= 11 is 0. The van der Waals surface area contributed by atoms with Crippen LogP contribution in [0.3, 0.4) is 0 Å². The maximum absolute atomic E-state index is 13.3. The van der Waals surface area contributed by atoms with Crippen LogP contribution in [-0.4, -0.2) is 28.1 Å². The molecule has 3 N–H and O–H groups in total. The van der Waals surface area contributed by atoms with Crippen LogP contribution in [0.2, 0.25) is 0 Å². The summed E-state index contributed by atoms with van der Waals surface area (Å²) in [4.78, 5) is 24.2. The number of urea groups is 1. The first kappa shape index (κ1) is 22.3. The molecule has 2 amide bonds. The number of aromatic nitrogens is 3. The lowest BCUT2D eigenvalue weighted by molar-refractivity contribution is 0.0126. The summed E-state index contributed by atoms with van der Waals surface area (Å²) in [6, 6.07) is 14.1. The van der Waals surface area contributed by atoms with Crippen molar-refractivity contribution in [1.82, 2.24) is 25.6 Å². The van der Waals surface area contributed by atoms with Crippen molar-refractivity contribution in [3.05, 3.63) is 77.8 Å². The van der Waals surface area contributed by atoms with Gasteiger partial charge < -0.3 is 24.8 Å². The maximum atomic E-state index is 13.3. The van der Waals surface area contributed by atoms with E-state index in [1.54, 1.807) is 7.11 Å². The lowest BCUT2D eigenvalue weighted by Gasteiger charge is -2.17. The highest BCUT2D eigenvalue weighted by Crippen LogP contribution is 2.26. The number of para-hydroxylation sites is 2. The number of nitrogens with one attached hydrogen (secondary N) is 3. The number of benzene rings is 2. The number of ether oxygens (including phenoxy) is 1. The minimum Gasteiger partial charge on any atom is -0.497 e. The van der Waals surface area contributed by atoms with Crippen LogP contribution in [0.15, 0.2) is 59.2 Å². The molecular formula is C23H23F2N5O3. The van der Waals surface area contributed by atoms with Gasteiger partial charge in [0, 0.05) is 6.92 Å². The van der Waals surface area contributed by atoms with Gasteiger partial charge in [-0.15, -0.1) is 0 Å². The molecular weight excluding hydrogens is 432 g/mol. The molecule has 0 spiro atoms. The predicted molar refractivity (Wildman–Crippen MR) is 117 cm³/mol. The van der Waals surface area contributed by atoms with Crippen molar-refractivity contribution in [3.63, 3.8) is 0 Å². The van der Waals surface area contributed by atoms with Gasteiger partial charge in [-0.25, -0.2) is 14.8 Å². The van der Waals surface area contributed by atoms with Gasteiger partial charge >= 0.3 is 6.03 Å². The Balaban J connectivity index is 1.48. The van der Waals surface area contributed by atoms with Crippen molar-refractivity contribution in [2.75, 3.05) is 7.11 Å². The van der Waals surface area contributed by atoms with Crippen LogP contribution in [-0.2, 0) is 18.9 Å². The number of oxazole rings is 1. The summed E-state index contributed by atoms with van der Waals surface area (Å²) in [6.45, 7) is 0.586. The van der Waals surface area contributed by atoms with Gasteiger partial charge in [-0.3, -0.25) is 0 Å². The molecule has 4 rings (SSSR count). The van der Waals surface area contributed by atoms with E-state index in [0.29, 0.717) is 12.2 Å². The van der Waals surface area contributed by atoms with E-state index in [0.717, 1.165) is 35.5 Å². The molecule has 0 bridgehead atoms. The smallest absolute Gasteiger partial charge is 0.315 e. The number of methoxy groups -OCH3 is 1. The van der Waals surface area contributed by atoms with Gasteiger partial charge in [0.15, 0.2) is 0 Å². The van der Waals surface area contributed by atoms with E-state index in [1.165, 1.54) is 0 Å². The molecule has 2 aromatic carbocycles. The fraction of sp³-hybridized carbons (Fsp3) is 0.261. The van der Waals surface area contributed by atoms with E-state index in [2.05, 4.69) is 25.6 Å². The van der Waals surface area contributed by atoms with E-state index in [1.807, 2.05) is 48.5 Å². The molecule has 1 unspecified atom stereocenters. The quantitative estimate of drug-likeness (QED) is 0.364. The Bertz CT molecular complexity index is 1200. The number of amides is 2. The predicted octanol–water partition coefficient (Wildman–Crippen LogP) is 4.45. The summed E-state index contributed by atoms with van der Waals surface area (Å²) in [5, 5.41) is 5.47. The van der Waals surface area contributed by atoms with Gasteiger partial charge in [0.25, 0.3) is 5.92 Å². The number of halogens is 2. The zero-order valence-electron chi connectivity index (χ0n) is 18.1. The van der Waals surface area contributed by atoms with Crippen LogP contribution in [0.1, 0.15) is 35.9 Å². The average molecular weight is 455 g/mol. The SMILES string of the molecule is COc1ccc(CC(NC(=O)NCc2nc(C(C)(F)F)co2)c2nc3ccccc3[nH]2)cc1. The molecule has 1 atom stereocenters. The first-order chi connectivity index (χ1) is 15.8. The molecule has 4 aromatic rings. The van der Waals surface area contributed by atoms with Crippen LogP contribution in [0.5, 0.6) is 5.75 Å². The number of carbonyl (C=O) groups excluding carboxylic acids is 1. The zero-order chi connectivity index (χ0) is 23.4. The van der Waals surface area contributed by atoms with Crippen molar-refractivity contribution in [2.24, 2.45) is 0 Å². The molecule has 0 saturated carbocycles. The molecule has 172 valence electrons. The lowest BCUT2D eigenvalue weighted by Crippen LogP contribution is -2.38. The highest BCUT2D eigenvalue weighted by atomic mass is 19.3. The van der Waals surface area contributed by atoms with E-state index < -0.39 is 23.7 Å². The van der Waals surface area contributed by atoms with Crippen molar-refractivity contribution in [2.45, 2.75) is 31.9 Å². The fourth-order valence-corrected chi connectivity index (χ4v) is 3.31. The Morgan fingerprint density at radius 2 is 1.94 bits per heavy atom.